The van der Waals surface area contributed by atoms with Gasteiger partial charge in [-0.2, -0.15) is 18.3 Å². The Hall–Kier alpha value is -2.78. The highest BCUT2D eigenvalue weighted by Gasteiger charge is 2.36. The van der Waals surface area contributed by atoms with Crippen LogP contribution in [0.2, 0.25) is 0 Å². The number of aromatic nitrogens is 3. The Labute approximate surface area is 136 Å². The SMILES string of the molecule is Cc1cc(OC(F)(F)F)ccc1-c1ccc2cnc(C(F)(F)F)n2n1. The summed E-state index contributed by atoms with van der Waals surface area (Å²) in [5.74, 6) is -1.60. The van der Waals surface area contributed by atoms with E-state index in [0.717, 1.165) is 18.3 Å². The molecule has 0 amide bonds. The number of fused-ring (bicyclic) bond motifs is 1. The Bertz CT molecular complexity index is 929. The largest absolute Gasteiger partial charge is 0.573 e. The Morgan fingerprint density at radius 2 is 1.72 bits per heavy atom. The number of benzene rings is 1. The topological polar surface area (TPSA) is 39.4 Å². The molecule has 0 aliphatic carbocycles. The van der Waals surface area contributed by atoms with Gasteiger partial charge in [0, 0.05) is 5.56 Å². The molecule has 0 bridgehead atoms. The molecule has 0 N–H and O–H groups in total. The molecular formula is C15H9F6N3O. The van der Waals surface area contributed by atoms with Crippen molar-refractivity contribution in [1.82, 2.24) is 14.6 Å². The van der Waals surface area contributed by atoms with Gasteiger partial charge in [-0.15, -0.1) is 13.2 Å². The summed E-state index contributed by atoms with van der Waals surface area (Å²) in [6.07, 6.45) is -8.48. The van der Waals surface area contributed by atoms with Crippen molar-refractivity contribution >= 4 is 5.52 Å². The molecule has 25 heavy (non-hydrogen) atoms. The number of ether oxygens (including phenoxy) is 1. The molecule has 2 aromatic heterocycles. The molecule has 0 unspecified atom stereocenters. The van der Waals surface area contributed by atoms with Crippen LogP contribution in [-0.4, -0.2) is 21.0 Å². The maximum atomic E-state index is 12.9. The molecular weight excluding hydrogens is 352 g/mol. The zero-order valence-electron chi connectivity index (χ0n) is 12.5. The molecule has 0 aliphatic rings. The molecule has 2 heterocycles. The first-order valence-corrected chi connectivity index (χ1v) is 6.83. The van der Waals surface area contributed by atoms with Crippen molar-refractivity contribution in [2.75, 3.05) is 0 Å². The molecule has 1 aromatic carbocycles. The first kappa shape index (κ1) is 17.1. The number of aryl methyl sites for hydroxylation is 1. The van der Waals surface area contributed by atoms with Crippen LogP contribution in [0.15, 0.2) is 36.5 Å². The lowest BCUT2D eigenvalue weighted by Crippen LogP contribution is -2.17. The van der Waals surface area contributed by atoms with Crippen LogP contribution in [0.25, 0.3) is 16.8 Å². The predicted octanol–water partition coefficient (Wildman–Crippen LogP) is 4.62. The van der Waals surface area contributed by atoms with E-state index in [2.05, 4.69) is 14.8 Å². The van der Waals surface area contributed by atoms with Gasteiger partial charge in [0.25, 0.3) is 0 Å². The fourth-order valence-electron chi connectivity index (χ4n) is 2.34. The monoisotopic (exact) mass is 361 g/mol. The van der Waals surface area contributed by atoms with Crippen molar-refractivity contribution in [2.45, 2.75) is 19.5 Å². The molecule has 0 aliphatic heterocycles. The van der Waals surface area contributed by atoms with Crippen LogP contribution < -0.4 is 4.74 Å². The smallest absolute Gasteiger partial charge is 0.406 e. The second-order valence-corrected chi connectivity index (χ2v) is 5.16. The molecule has 4 nitrogen and oxygen atoms in total. The maximum Gasteiger partial charge on any atom is 0.573 e. The van der Waals surface area contributed by atoms with E-state index in [-0.39, 0.29) is 11.2 Å². The lowest BCUT2D eigenvalue weighted by atomic mass is 10.1. The quantitative estimate of drug-likeness (QED) is 0.625. The van der Waals surface area contributed by atoms with E-state index in [1.54, 1.807) is 0 Å². The molecule has 3 aromatic rings. The fourth-order valence-corrected chi connectivity index (χ4v) is 2.34. The van der Waals surface area contributed by atoms with Gasteiger partial charge in [-0.25, -0.2) is 9.50 Å². The Morgan fingerprint density at radius 3 is 2.32 bits per heavy atom. The number of imidazole rings is 1. The normalized spacial score (nSPS) is 12.6. The molecule has 0 radical (unpaired) electrons. The molecule has 3 rings (SSSR count). The molecule has 0 spiro atoms. The molecule has 132 valence electrons. The third kappa shape index (κ3) is 3.52. The minimum atomic E-state index is -4.83. The van der Waals surface area contributed by atoms with E-state index in [4.69, 9.17) is 0 Å². The highest BCUT2D eigenvalue weighted by atomic mass is 19.4. The zero-order valence-corrected chi connectivity index (χ0v) is 12.5. The summed E-state index contributed by atoms with van der Waals surface area (Å²) >= 11 is 0. The van der Waals surface area contributed by atoms with Crippen molar-refractivity contribution in [3.8, 4) is 17.0 Å². The Morgan fingerprint density at radius 1 is 1.00 bits per heavy atom. The van der Waals surface area contributed by atoms with E-state index in [1.807, 2.05) is 0 Å². The van der Waals surface area contributed by atoms with Gasteiger partial charge in [0.1, 0.15) is 5.75 Å². The van der Waals surface area contributed by atoms with Crippen molar-refractivity contribution in [3.63, 3.8) is 0 Å². The number of hydrogen-bond acceptors (Lipinski definition) is 3. The van der Waals surface area contributed by atoms with Crippen molar-refractivity contribution < 1.29 is 31.1 Å². The van der Waals surface area contributed by atoms with Crippen LogP contribution in [0.4, 0.5) is 26.3 Å². The van der Waals surface area contributed by atoms with E-state index < -0.39 is 24.1 Å². The van der Waals surface area contributed by atoms with Gasteiger partial charge in [0.2, 0.25) is 5.82 Å². The average Bonchev–Trinajstić information content (AvgIpc) is 2.88. The molecule has 0 saturated carbocycles. The van der Waals surface area contributed by atoms with Gasteiger partial charge in [0.05, 0.1) is 17.4 Å². The lowest BCUT2D eigenvalue weighted by Gasteiger charge is -2.12. The Balaban J connectivity index is 2.04. The first-order valence-electron chi connectivity index (χ1n) is 6.83. The third-order valence-electron chi connectivity index (χ3n) is 3.34. The van der Waals surface area contributed by atoms with Crippen LogP contribution >= 0.6 is 0 Å². The van der Waals surface area contributed by atoms with Gasteiger partial charge >= 0.3 is 12.5 Å². The number of halogens is 6. The second-order valence-electron chi connectivity index (χ2n) is 5.16. The van der Waals surface area contributed by atoms with Gasteiger partial charge < -0.3 is 4.74 Å². The van der Waals surface area contributed by atoms with E-state index in [1.165, 1.54) is 25.1 Å². The van der Waals surface area contributed by atoms with E-state index >= 15 is 0 Å². The second kappa shape index (κ2) is 5.64. The summed E-state index contributed by atoms with van der Waals surface area (Å²) in [5, 5.41) is 3.91. The van der Waals surface area contributed by atoms with Gasteiger partial charge in [-0.1, -0.05) is 0 Å². The van der Waals surface area contributed by atoms with Crippen molar-refractivity contribution in [2.24, 2.45) is 0 Å². The first-order chi connectivity index (χ1) is 11.5. The minimum Gasteiger partial charge on any atom is -0.406 e. The van der Waals surface area contributed by atoms with Crippen LogP contribution in [0.1, 0.15) is 11.4 Å². The summed E-state index contributed by atoms with van der Waals surface area (Å²) in [6, 6.07) is 6.36. The summed E-state index contributed by atoms with van der Waals surface area (Å²) in [4.78, 5) is 3.31. The average molecular weight is 361 g/mol. The number of rotatable bonds is 2. The van der Waals surface area contributed by atoms with Gasteiger partial charge in [0.15, 0.2) is 0 Å². The molecule has 0 saturated heterocycles. The minimum absolute atomic E-state index is 0.144. The maximum absolute atomic E-state index is 12.9. The highest BCUT2D eigenvalue weighted by Crippen LogP contribution is 2.31. The van der Waals surface area contributed by atoms with E-state index in [9.17, 15) is 26.3 Å². The summed E-state index contributed by atoms with van der Waals surface area (Å²) in [7, 11) is 0. The number of alkyl halides is 6. The standard InChI is InChI=1S/C15H9F6N3O/c1-8-6-10(25-15(19,20)21)3-4-11(8)12-5-2-9-7-22-13(14(16,17)18)24(9)23-12/h2-7H,1H3. The number of nitrogens with zero attached hydrogens (tertiary/aromatic N) is 3. The van der Waals surface area contributed by atoms with Crippen LogP contribution in [0.5, 0.6) is 5.75 Å². The Kier molecular flexibility index (Phi) is 3.85. The summed E-state index contributed by atoms with van der Waals surface area (Å²) in [6.45, 7) is 1.50. The molecule has 10 heteroatoms. The van der Waals surface area contributed by atoms with Crippen LogP contribution in [-0.2, 0) is 6.18 Å². The fraction of sp³-hybridized carbons (Fsp3) is 0.200. The number of hydrogen-bond donors (Lipinski definition) is 0. The van der Waals surface area contributed by atoms with Gasteiger partial charge in [-0.3, -0.25) is 0 Å². The summed E-state index contributed by atoms with van der Waals surface area (Å²) in [5.41, 5.74) is 1.04. The lowest BCUT2D eigenvalue weighted by molar-refractivity contribution is -0.274. The summed E-state index contributed by atoms with van der Waals surface area (Å²) < 4.78 is 80.0. The van der Waals surface area contributed by atoms with Crippen molar-refractivity contribution in [3.05, 3.63) is 47.9 Å². The highest BCUT2D eigenvalue weighted by molar-refractivity contribution is 5.66. The zero-order chi connectivity index (χ0) is 18.4. The third-order valence-corrected chi connectivity index (χ3v) is 3.34. The van der Waals surface area contributed by atoms with E-state index in [0.29, 0.717) is 15.6 Å². The predicted molar refractivity (Wildman–Crippen MR) is 74.8 cm³/mol. The van der Waals surface area contributed by atoms with Crippen molar-refractivity contribution in [1.29, 1.82) is 0 Å². The molecule has 0 fully saturated rings. The van der Waals surface area contributed by atoms with Gasteiger partial charge in [-0.05, 0) is 42.8 Å². The van der Waals surface area contributed by atoms with Crippen LogP contribution in [0, 0.1) is 6.92 Å². The van der Waals surface area contributed by atoms with Crippen LogP contribution in [0.3, 0.4) is 0 Å². The molecule has 0 atom stereocenters.